The Morgan fingerprint density at radius 3 is 1.47 bits per heavy atom. The van der Waals surface area contributed by atoms with Gasteiger partial charge >= 0.3 is 0 Å². The molecule has 1 aromatic heterocycles. The zero-order chi connectivity index (χ0) is 38.9. The minimum absolute atomic E-state index is 0.552. The lowest BCUT2D eigenvalue weighted by Gasteiger charge is -2.41. The van der Waals surface area contributed by atoms with Crippen molar-refractivity contribution in [1.29, 1.82) is 0 Å². The van der Waals surface area contributed by atoms with Crippen molar-refractivity contribution in [1.82, 2.24) is 15.0 Å². The van der Waals surface area contributed by atoms with E-state index in [4.69, 9.17) is 26.3 Å². The molecular weight excluding hydrogens is 709 g/mol. The largest absolute Gasteiger partial charge is 0.457 e. The summed E-state index contributed by atoms with van der Waals surface area (Å²) in [6, 6.07) is 70.5. The van der Waals surface area contributed by atoms with Crippen molar-refractivity contribution in [3.8, 4) is 67.9 Å². The fraction of sp³-hybridized carbons (Fsp3) is 0.0189. The first-order chi connectivity index (χ1) is 28.7. The summed E-state index contributed by atoms with van der Waals surface area (Å²) in [6.45, 7) is 7.39. The van der Waals surface area contributed by atoms with Gasteiger partial charge in [0.2, 0.25) is 0 Å². The lowest BCUT2D eigenvalue weighted by molar-refractivity contribution is 0.434. The maximum atomic E-state index is 7.39. The molecule has 0 unspecified atom stereocenters. The van der Waals surface area contributed by atoms with Crippen LogP contribution >= 0.6 is 0 Å². The number of hydrogen-bond acceptors (Lipinski definition) is 4. The van der Waals surface area contributed by atoms with Gasteiger partial charge < -0.3 is 4.74 Å². The minimum Gasteiger partial charge on any atom is -0.457 e. The summed E-state index contributed by atoms with van der Waals surface area (Å²) in [5, 5.41) is 0. The summed E-state index contributed by atoms with van der Waals surface area (Å²) in [5.74, 6) is 3.28. The molecule has 0 fully saturated rings. The van der Waals surface area contributed by atoms with E-state index in [1.54, 1.807) is 0 Å². The molecule has 9 aromatic rings. The molecule has 1 aliphatic rings. The molecule has 0 atom stereocenters. The van der Waals surface area contributed by atoms with E-state index in [0.717, 1.165) is 72.7 Å². The predicted octanol–water partition coefficient (Wildman–Crippen LogP) is 13.2. The van der Waals surface area contributed by atoms with Crippen LogP contribution in [0.5, 0.6) is 11.5 Å². The number of hydrogen-bond donors (Lipinski definition) is 0. The highest BCUT2D eigenvalue weighted by Gasteiger charge is 2.45. The molecule has 5 nitrogen and oxygen atoms in total. The Balaban J connectivity index is 1.17. The number of ether oxygens (including phenoxy) is 1. The van der Waals surface area contributed by atoms with Crippen LogP contribution in [0.25, 0.3) is 61.3 Å². The molecule has 0 spiro atoms. The molecule has 8 aromatic carbocycles. The summed E-state index contributed by atoms with van der Waals surface area (Å²) in [7, 11) is 0. The molecule has 1 aliphatic heterocycles. The standard InChI is InChI=1S/C53H34N4O/c1-54-45-31-28-38(29-32-45)40-16-13-17-41(34-40)51-55-50(39-26-24-37(25-27-39)36-14-5-2-6-15-36)56-52(57-51)42-30-33-49-47(35-42)53(43-18-7-3-8-19-43,44-20-9-4-10-21-44)46-22-11-12-23-48(46)58-49/h2-35H. The number of para-hydroxylation sites is 1. The molecule has 5 heteroatoms. The fourth-order valence-corrected chi connectivity index (χ4v) is 8.12. The Morgan fingerprint density at radius 2 is 0.810 bits per heavy atom. The summed E-state index contributed by atoms with van der Waals surface area (Å²) in [4.78, 5) is 19.1. The van der Waals surface area contributed by atoms with Crippen molar-refractivity contribution in [3.05, 3.63) is 240 Å². The van der Waals surface area contributed by atoms with Crippen LogP contribution in [-0.2, 0) is 5.41 Å². The van der Waals surface area contributed by atoms with Crippen LogP contribution in [-0.4, -0.2) is 15.0 Å². The highest BCUT2D eigenvalue weighted by molar-refractivity contribution is 5.77. The van der Waals surface area contributed by atoms with Crippen LogP contribution in [0.3, 0.4) is 0 Å². The van der Waals surface area contributed by atoms with Gasteiger partial charge in [-0.05, 0) is 63.7 Å². The van der Waals surface area contributed by atoms with Gasteiger partial charge in [-0.15, -0.1) is 0 Å². The molecule has 10 rings (SSSR count). The van der Waals surface area contributed by atoms with Gasteiger partial charge in [0, 0.05) is 27.8 Å². The molecule has 0 saturated carbocycles. The molecule has 2 heterocycles. The lowest BCUT2D eigenvalue weighted by Crippen LogP contribution is -2.34. The van der Waals surface area contributed by atoms with E-state index >= 15 is 0 Å². The SMILES string of the molecule is [C-]#[N+]c1ccc(-c2cccc(-c3nc(-c4ccc(-c5ccccc5)cc4)nc(-c4ccc5c(c4)C(c4ccccc4)(c4ccccc4)c4ccccc4O5)n3)c2)cc1. The van der Waals surface area contributed by atoms with E-state index < -0.39 is 5.41 Å². The topological polar surface area (TPSA) is 52.3 Å². The highest BCUT2D eigenvalue weighted by Crippen LogP contribution is 2.55. The molecule has 0 saturated heterocycles. The van der Waals surface area contributed by atoms with Gasteiger partial charge in [0.25, 0.3) is 0 Å². The fourth-order valence-electron chi connectivity index (χ4n) is 8.12. The van der Waals surface area contributed by atoms with Gasteiger partial charge in [-0.1, -0.05) is 176 Å². The van der Waals surface area contributed by atoms with E-state index in [1.165, 1.54) is 0 Å². The quantitative estimate of drug-likeness (QED) is 0.153. The number of benzene rings is 8. The summed E-state index contributed by atoms with van der Waals surface area (Å²) in [5.41, 5.74) is 11.1. The van der Waals surface area contributed by atoms with Crippen LogP contribution in [0, 0.1) is 6.57 Å². The summed E-state index contributed by atoms with van der Waals surface area (Å²) in [6.07, 6.45) is 0. The van der Waals surface area contributed by atoms with Crippen molar-refractivity contribution in [2.75, 3.05) is 0 Å². The Bertz CT molecular complexity index is 2920. The van der Waals surface area contributed by atoms with E-state index in [-0.39, 0.29) is 0 Å². The highest BCUT2D eigenvalue weighted by atomic mass is 16.5. The third kappa shape index (κ3) is 6.10. The van der Waals surface area contributed by atoms with Crippen molar-refractivity contribution >= 4 is 5.69 Å². The van der Waals surface area contributed by atoms with Gasteiger partial charge in [0.1, 0.15) is 11.5 Å². The molecular formula is C53H34N4O. The van der Waals surface area contributed by atoms with E-state index in [2.05, 4.69) is 132 Å². The average Bonchev–Trinajstić information content (AvgIpc) is 3.31. The second-order valence-corrected chi connectivity index (χ2v) is 14.3. The molecule has 0 radical (unpaired) electrons. The first-order valence-electron chi connectivity index (χ1n) is 19.2. The van der Waals surface area contributed by atoms with Crippen LogP contribution in [0.15, 0.2) is 206 Å². The second-order valence-electron chi connectivity index (χ2n) is 14.3. The van der Waals surface area contributed by atoms with Crippen LogP contribution in [0.2, 0.25) is 0 Å². The van der Waals surface area contributed by atoms with E-state index in [1.807, 2.05) is 78.9 Å². The Kier molecular flexibility index (Phi) is 8.70. The lowest BCUT2D eigenvalue weighted by atomic mass is 9.63. The van der Waals surface area contributed by atoms with Crippen molar-refractivity contribution in [3.63, 3.8) is 0 Å². The van der Waals surface area contributed by atoms with Crippen LogP contribution in [0.1, 0.15) is 22.3 Å². The van der Waals surface area contributed by atoms with Gasteiger partial charge in [-0.2, -0.15) is 0 Å². The van der Waals surface area contributed by atoms with E-state index in [0.29, 0.717) is 23.2 Å². The normalized spacial score (nSPS) is 12.4. The second kappa shape index (κ2) is 14.6. The van der Waals surface area contributed by atoms with Gasteiger partial charge in [0.05, 0.1) is 12.0 Å². The number of nitrogens with zero attached hydrogens (tertiary/aromatic N) is 4. The predicted molar refractivity (Wildman–Crippen MR) is 232 cm³/mol. The zero-order valence-corrected chi connectivity index (χ0v) is 31.3. The van der Waals surface area contributed by atoms with Gasteiger partial charge in [-0.3, -0.25) is 0 Å². The molecule has 272 valence electrons. The van der Waals surface area contributed by atoms with E-state index in [9.17, 15) is 0 Å². The number of aromatic nitrogens is 3. The smallest absolute Gasteiger partial charge is 0.187 e. The van der Waals surface area contributed by atoms with Gasteiger partial charge in [0.15, 0.2) is 23.2 Å². The maximum absolute atomic E-state index is 7.39. The Labute approximate surface area is 337 Å². The minimum atomic E-state index is -0.689. The first-order valence-corrected chi connectivity index (χ1v) is 19.2. The molecule has 0 amide bonds. The average molecular weight is 743 g/mol. The first kappa shape index (κ1) is 34.5. The Morgan fingerprint density at radius 1 is 0.362 bits per heavy atom. The van der Waals surface area contributed by atoms with Crippen LogP contribution < -0.4 is 4.74 Å². The van der Waals surface area contributed by atoms with Crippen molar-refractivity contribution in [2.45, 2.75) is 5.41 Å². The number of rotatable bonds is 7. The van der Waals surface area contributed by atoms with Gasteiger partial charge in [-0.25, -0.2) is 19.8 Å². The number of fused-ring (bicyclic) bond motifs is 2. The van der Waals surface area contributed by atoms with Crippen molar-refractivity contribution in [2.24, 2.45) is 0 Å². The third-order valence-corrected chi connectivity index (χ3v) is 10.9. The van der Waals surface area contributed by atoms with Crippen molar-refractivity contribution < 1.29 is 4.74 Å². The summed E-state index contributed by atoms with van der Waals surface area (Å²) < 4.78 is 6.70. The Hall–Kier alpha value is -7.94. The third-order valence-electron chi connectivity index (χ3n) is 10.9. The molecule has 0 bridgehead atoms. The molecule has 0 N–H and O–H groups in total. The zero-order valence-electron chi connectivity index (χ0n) is 31.3. The summed E-state index contributed by atoms with van der Waals surface area (Å²) >= 11 is 0. The van der Waals surface area contributed by atoms with Crippen LogP contribution in [0.4, 0.5) is 5.69 Å². The molecule has 58 heavy (non-hydrogen) atoms. The molecule has 0 aliphatic carbocycles. The monoisotopic (exact) mass is 742 g/mol. The maximum Gasteiger partial charge on any atom is 0.187 e.